The van der Waals surface area contributed by atoms with Gasteiger partial charge >= 0.3 is 0 Å². The molecule has 110 valence electrons. The zero-order chi connectivity index (χ0) is 15.0. The normalized spacial score (nSPS) is 11.2. The van der Waals surface area contributed by atoms with E-state index in [9.17, 15) is 0 Å². The first-order valence-electron chi connectivity index (χ1n) is 7.01. The Morgan fingerprint density at radius 3 is 2.57 bits per heavy atom. The minimum atomic E-state index is 0.599. The molecule has 0 amide bonds. The Balaban J connectivity index is 2.01. The Morgan fingerprint density at radius 1 is 1.19 bits per heavy atom. The van der Waals surface area contributed by atoms with Gasteiger partial charge in [0.1, 0.15) is 12.2 Å². The fourth-order valence-electron chi connectivity index (χ4n) is 2.34. The lowest BCUT2D eigenvalue weighted by Gasteiger charge is -2.05. The summed E-state index contributed by atoms with van der Waals surface area (Å²) in [6.45, 7) is 6.69. The minimum absolute atomic E-state index is 0.599. The molecule has 0 aliphatic carbocycles. The van der Waals surface area contributed by atoms with Crippen molar-refractivity contribution in [1.82, 2.24) is 34.3 Å². The van der Waals surface area contributed by atoms with Gasteiger partial charge in [0.25, 0.3) is 0 Å². The van der Waals surface area contributed by atoms with Crippen LogP contribution >= 0.6 is 0 Å². The van der Waals surface area contributed by atoms with Crippen molar-refractivity contribution in [3.8, 4) is 5.69 Å². The third-order valence-electron chi connectivity index (χ3n) is 3.36. The van der Waals surface area contributed by atoms with E-state index < -0.39 is 0 Å². The molecule has 0 atom stereocenters. The van der Waals surface area contributed by atoms with Crippen molar-refractivity contribution in [2.24, 2.45) is 7.05 Å². The number of aromatic nitrogens is 7. The fraction of sp³-hybridized carbons (Fsp3) is 0.429. The average molecular weight is 285 g/mol. The zero-order valence-corrected chi connectivity index (χ0v) is 12.8. The van der Waals surface area contributed by atoms with Crippen molar-refractivity contribution < 1.29 is 0 Å². The molecule has 0 aliphatic rings. The van der Waals surface area contributed by atoms with Gasteiger partial charge in [-0.3, -0.25) is 9.36 Å². The van der Waals surface area contributed by atoms with Crippen LogP contribution in [0.4, 0.5) is 0 Å². The first-order valence-corrected chi connectivity index (χ1v) is 7.01. The summed E-state index contributed by atoms with van der Waals surface area (Å²) in [5.41, 5.74) is 3.04. The molecule has 0 saturated heterocycles. The van der Waals surface area contributed by atoms with Crippen LogP contribution in [0.5, 0.6) is 0 Å². The summed E-state index contributed by atoms with van der Waals surface area (Å²) in [6.07, 6.45) is 4.52. The van der Waals surface area contributed by atoms with Crippen LogP contribution in [-0.4, -0.2) is 34.3 Å². The highest BCUT2D eigenvalue weighted by Gasteiger charge is 2.14. The lowest BCUT2D eigenvalue weighted by molar-refractivity contribution is 0.615. The van der Waals surface area contributed by atoms with E-state index in [0.29, 0.717) is 6.54 Å². The molecule has 0 aliphatic heterocycles. The molecular formula is C14H19N7. The quantitative estimate of drug-likeness (QED) is 0.727. The van der Waals surface area contributed by atoms with Crippen molar-refractivity contribution in [1.29, 1.82) is 0 Å². The Bertz CT molecular complexity index is 762. The number of nitrogens with zero attached hydrogens (tertiary/aromatic N) is 7. The Kier molecular flexibility index (Phi) is 3.32. The lowest BCUT2D eigenvalue weighted by Crippen LogP contribution is -2.10. The van der Waals surface area contributed by atoms with E-state index in [4.69, 9.17) is 0 Å². The third kappa shape index (κ3) is 2.58. The summed E-state index contributed by atoms with van der Waals surface area (Å²) in [7, 11) is 1.89. The summed E-state index contributed by atoms with van der Waals surface area (Å²) in [5, 5.41) is 13.3. The van der Waals surface area contributed by atoms with Crippen LogP contribution in [0.3, 0.4) is 0 Å². The molecule has 0 radical (unpaired) electrons. The largest absolute Gasteiger partial charge is 0.274 e. The van der Waals surface area contributed by atoms with Crippen molar-refractivity contribution in [2.45, 2.75) is 33.7 Å². The number of hydrogen-bond donors (Lipinski definition) is 0. The molecule has 0 N–H and O–H groups in total. The maximum atomic E-state index is 4.61. The average Bonchev–Trinajstić information content (AvgIpc) is 3.10. The maximum absolute atomic E-state index is 4.61. The number of rotatable bonds is 4. The van der Waals surface area contributed by atoms with Gasteiger partial charge in [-0.15, -0.1) is 0 Å². The van der Waals surface area contributed by atoms with Gasteiger partial charge in [-0.25, -0.2) is 9.67 Å². The molecule has 0 fully saturated rings. The molecule has 0 saturated carbocycles. The molecule has 0 aromatic carbocycles. The predicted molar refractivity (Wildman–Crippen MR) is 78.3 cm³/mol. The van der Waals surface area contributed by atoms with Crippen LogP contribution in [0, 0.1) is 13.8 Å². The smallest absolute Gasteiger partial charge is 0.154 e. The van der Waals surface area contributed by atoms with Gasteiger partial charge in [-0.05, 0) is 19.9 Å². The van der Waals surface area contributed by atoms with Gasteiger partial charge in [-0.1, -0.05) is 6.92 Å². The molecule has 0 bridgehead atoms. The van der Waals surface area contributed by atoms with E-state index in [1.807, 2.05) is 36.5 Å². The molecule has 3 aromatic heterocycles. The van der Waals surface area contributed by atoms with Gasteiger partial charge in [0.15, 0.2) is 11.6 Å². The molecule has 7 nitrogen and oxygen atoms in total. The summed E-state index contributed by atoms with van der Waals surface area (Å²) < 4.78 is 5.56. The highest BCUT2D eigenvalue weighted by molar-refractivity contribution is 5.25. The number of hydrogen-bond acceptors (Lipinski definition) is 4. The van der Waals surface area contributed by atoms with Crippen molar-refractivity contribution >= 4 is 0 Å². The van der Waals surface area contributed by atoms with Crippen LogP contribution in [0.2, 0.25) is 0 Å². The molecule has 0 spiro atoms. The number of aryl methyl sites for hydroxylation is 4. The van der Waals surface area contributed by atoms with Gasteiger partial charge < -0.3 is 0 Å². The fourth-order valence-corrected chi connectivity index (χ4v) is 2.34. The molecule has 3 aromatic rings. The minimum Gasteiger partial charge on any atom is -0.274 e. The van der Waals surface area contributed by atoms with Gasteiger partial charge in [0, 0.05) is 19.2 Å². The van der Waals surface area contributed by atoms with E-state index in [1.165, 1.54) is 0 Å². The van der Waals surface area contributed by atoms with Crippen molar-refractivity contribution in [3.05, 3.63) is 41.5 Å². The topological polar surface area (TPSA) is 66.3 Å². The SMILES string of the molecule is CCc1nc(Cn2nc(C)cc2C)n(-c2cnn(C)c2)n1. The van der Waals surface area contributed by atoms with Gasteiger partial charge in [0.2, 0.25) is 0 Å². The van der Waals surface area contributed by atoms with Crippen LogP contribution in [0.1, 0.15) is 30.0 Å². The monoisotopic (exact) mass is 285 g/mol. The van der Waals surface area contributed by atoms with Gasteiger partial charge in [0.05, 0.1) is 18.1 Å². The van der Waals surface area contributed by atoms with E-state index in [0.717, 1.165) is 35.1 Å². The predicted octanol–water partition coefficient (Wildman–Crippen LogP) is 1.42. The summed E-state index contributed by atoms with van der Waals surface area (Å²) in [4.78, 5) is 4.61. The zero-order valence-electron chi connectivity index (χ0n) is 12.8. The van der Waals surface area contributed by atoms with E-state index in [2.05, 4.69) is 33.3 Å². The molecule has 3 rings (SSSR count). The third-order valence-corrected chi connectivity index (χ3v) is 3.36. The van der Waals surface area contributed by atoms with Gasteiger partial charge in [-0.2, -0.15) is 15.3 Å². The lowest BCUT2D eigenvalue weighted by atomic mass is 10.4. The van der Waals surface area contributed by atoms with Crippen molar-refractivity contribution in [2.75, 3.05) is 0 Å². The summed E-state index contributed by atoms with van der Waals surface area (Å²) in [5.74, 6) is 1.70. The molecule has 21 heavy (non-hydrogen) atoms. The standard InChI is InChI=1S/C14H19N7/c1-5-13-16-14(9-20-11(3)6-10(2)17-20)21(18-13)12-7-15-19(4)8-12/h6-8H,5,9H2,1-4H3. The Morgan fingerprint density at radius 2 is 2.00 bits per heavy atom. The van der Waals surface area contributed by atoms with Crippen LogP contribution in [0.25, 0.3) is 5.69 Å². The molecule has 3 heterocycles. The second kappa shape index (κ2) is 5.16. The summed E-state index contributed by atoms with van der Waals surface area (Å²) in [6, 6.07) is 2.06. The van der Waals surface area contributed by atoms with E-state index in [-0.39, 0.29) is 0 Å². The van der Waals surface area contributed by atoms with Crippen LogP contribution in [0.15, 0.2) is 18.5 Å². The van der Waals surface area contributed by atoms with Crippen LogP contribution in [-0.2, 0) is 20.0 Å². The Labute approximate surface area is 123 Å². The summed E-state index contributed by atoms with van der Waals surface area (Å²) >= 11 is 0. The second-order valence-electron chi connectivity index (χ2n) is 5.17. The van der Waals surface area contributed by atoms with Crippen LogP contribution < -0.4 is 0 Å². The highest BCUT2D eigenvalue weighted by Crippen LogP contribution is 2.12. The van der Waals surface area contributed by atoms with E-state index in [1.54, 1.807) is 10.9 Å². The molecular weight excluding hydrogens is 266 g/mol. The first-order chi connectivity index (χ1) is 10.1. The highest BCUT2D eigenvalue weighted by atomic mass is 15.4. The second-order valence-corrected chi connectivity index (χ2v) is 5.17. The molecule has 0 unspecified atom stereocenters. The van der Waals surface area contributed by atoms with E-state index >= 15 is 0 Å². The molecule has 7 heteroatoms. The first kappa shape index (κ1) is 13.5. The van der Waals surface area contributed by atoms with Crippen molar-refractivity contribution in [3.63, 3.8) is 0 Å². The Hall–Kier alpha value is -2.44. The maximum Gasteiger partial charge on any atom is 0.154 e.